The standard InChI is InChI=1S/C17H25NO2/c1-18-16-8-2-7-15-14(16)6-3-9-17(15)20-12-10-13-5-4-11-19-13/h3,6,9,13,16,18H,2,4-5,7-8,10-12H2,1H3. The minimum absolute atomic E-state index is 0.416. The molecule has 0 spiro atoms. The lowest BCUT2D eigenvalue weighted by atomic mass is 9.87. The second-order valence-electron chi connectivity index (χ2n) is 5.83. The first kappa shape index (κ1) is 13.9. The first-order valence-corrected chi connectivity index (χ1v) is 7.92. The molecule has 0 radical (unpaired) electrons. The van der Waals surface area contributed by atoms with Gasteiger partial charge in [-0.3, -0.25) is 0 Å². The zero-order chi connectivity index (χ0) is 13.8. The fourth-order valence-corrected chi connectivity index (χ4v) is 3.42. The Hall–Kier alpha value is -1.06. The van der Waals surface area contributed by atoms with E-state index in [9.17, 15) is 0 Å². The molecule has 1 aromatic rings. The minimum atomic E-state index is 0.416. The highest BCUT2D eigenvalue weighted by atomic mass is 16.5. The molecule has 3 heteroatoms. The average Bonchev–Trinajstić information content (AvgIpc) is 3.00. The summed E-state index contributed by atoms with van der Waals surface area (Å²) in [6.45, 7) is 1.70. The summed E-state index contributed by atoms with van der Waals surface area (Å²) in [5.41, 5.74) is 2.83. The molecular formula is C17H25NO2. The molecule has 0 amide bonds. The Morgan fingerprint density at radius 2 is 2.25 bits per heavy atom. The molecule has 1 aliphatic carbocycles. The molecule has 110 valence electrons. The van der Waals surface area contributed by atoms with E-state index in [0.717, 1.165) is 31.8 Å². The zero-order valence-corrected chi connectivity index (χ0v) is 12.4. The van der Waals surface area contributed by atoms with Gasteiger partial charge in [0.1, 0.15) is 5.75 Å². The van der Waals surface area contributed by atoms with Crippen molar-refractivity contribution in [2.75, 3.05) is 20.3 Å². The highest BCUT2D eigenvalue weighted by molar-refractivity contribution is 5.43. The fourth-order valence-electron chi connectivity index (χ4n) is 3.42. The third-order valence-corrected chi connectivity index (χ3v) is 4.53. The second-order valence-corrected chi connectivity index (χ2v) is 5.83. The molecule has 0 saturated carbocycles. The molecule has 1 heterocycles. The van der Waals surface area contributed by atoms with E-state index in [-0.39, 0.29) is 0 Å². The summed E-state index contributed by atoms with van der Waals surface area (Å²) in [5, 5.41) is 3.41. The largest absolute Gasteiger partial charge is 0.493 e. The predicted octanol–water partition coefficient (Wildman–Crippen LogP) is 3.23. The number of nitrogens with one attached hydrogen (secondary N) is 1. The summed E-state index contributed by atoms with van der Waals surface area (Å²) >= 11 is 0. The summed E-state index contributed by atoms with van der Waals surface area (Å²) < 4.78 is 11.7. The lowest BCUT2D eigenvalue weighted by molar-refractivity contribution is 0.0901. The van der Waals surface area contributed by atoms with Crippen molar-refractivity contribution in [1.29, 1.82) is 0 Å². The van der Waals surface area contributed by atoms with Gasteiger partial charge in [0.15, 0.2) is 0 Å². The van der Waals surface area contributed by atoms with Crippen molar-refractivity contribution in [2.45, 2.75) is 50.7 Å². The van der Waals surface area contributed by atoms with E-state index in [1.165, 1.54) is 36.8 Å². The van der Waals surface area contributed by atoms with Crippen molar-refractivity contribution >= 4 is 0 Å². The molecule has 0 bridgehead atoms. The number of ether oxygens (including phenoxy) is 2. The van der Waals surface area contributed by atoms with E-state index in [1.54, 1.807) is 0 Å². The third-order valence-electron chi connectivity index (χ3n) is 4.53. The van der Waals surface area contributed by atoms with Crippen LogP contribution in [0.2, 0.25) is 0 Å². The van der Waals surface area contributed by atoms with E-state index in [4.69, 9.17) is 9.47 Å². The third kappa shape index (κ3) is 2.99. The van der Waals surface area contributed by atoms with Gasteiger partial charge >= 0.3 is 0 Å². The number of benzene rings is 1. The van der Waals surface area contributed by atoms with Crippen LogP contribution in [-0.4, -0.2) is 26.4 Å². The molecule has 1 fully saturated rings. The second kappa shape index (κ2) is 6.59. The molecular weight excluding hydrogens is 250 g/mol. The summed E-state index contributed by atoms with van der Waals surface area (Å²) in [6.07, 6.45) is 7.43. The smallest absolute Gasteiger partial charge is 0.122 e. The zero-order valence-electron chi connectivity index (χ0n) is 12.4. The summed E-state index contributed by atoms with van der Waals surface area (Å²) in [5.74, 6) is 1.08. The first-order valence-electron chi connectivity index (χ1n) is 7.92. The average molecular weight is 275 g/mol. The summed E-state index contributed by atoms with van der Waals surface area (Å²) in [4.78, 5) is 0. The Morgan fingerprint density at radius 3 is 3.05 bits per heavy atom. The van der Waals surface area contributed by atoms with Crippen LogP contribution in [-0.2, 0) is 11.2 Å². The molecule has 20 heavy (non-hydrogen) atoms. The number of rotatable bonds is 5. The molecule has 1 aromatic carbocycles. The fraction of sp³-hybridized carbons (Fsp3) is 0.647. The van der Waals surface area contributed by atoms with Gasteiger partial charge in [-0.1, -0.05) is 12.1 Å². The van der Waals surface area contributed by atoms with Crippen LogP contribution in [0.15, 0.2) is 18.2 Å². The van der Waals surface area contributed by atoms with Crippen LogP contribution >= 0.6 is 0 Å². The van der Waals surface area contributed by atoms with Crippen LogP contribution in [0.4, 0.5) is 0 Å². The Bertz CT molecular complexity index is 441. The Labute approximate surface area is 121 Å². The Balaban J connectivity index is 1.64. The van der Waals surface area contributed by atoms with E-state index in [2.05, 4.69) is 23.5 Å². The maximum absolute atomic E-state index is 6.05. The molecule has 2 atom stereocenters. The highest BCUT2D eigenvalue weighted by Gasteiger charge is 2.22. The lowest BCUT2D eigenvalue weighted by Gasteiger charge is -2.27. The highest BCUT2D eigenvalue weighted by Crippen LogP contribution is 2.35. The van der Waals surface area contributed by atoms with Gasteiger partial charge in [-0.25, -0.2) is 0 Å². The van der Waals surface area contributed by atoms with Crippen LogP contribution in [0, 0.1) is 0 Å². The van der Waals surface area contributed by atoms with Crippen molar-refractivity contribution in [2.24, 2.45) is 0 Å². The normalized spacial score (nSPS) is 25.4. The van der Waals surface area contributed by atoms with Gasteiger partial charge in [0.05, 0.1) is 12.7 Å². The maximum Gasteiger partial charge on any atom is 0.122 e. The maximum atomic E-state index is 6.05. The summed E-state index contributed by atoms with van der Waals surface area (Å²) in [7, 11) is 2.05. The number of fused-ring (bicyclic) bond motifs is 1. The van der Waals surface area contributed by atoms with Crippen molar-refractivity contribution in [3.63, 3.8) is 0 Å². The van der Waals surface area contributed by atoms with E-state index >= 15 is 0 Å². The first-order chi connectivity index (χ1) is 9.88. The summed E-state index contributed by atoms with van der Waals surface area (Å²) in [6, 6.07) is 6.96. The monoisotopic (exact) mass is 275 g/mol. The van der Waals surface area contributed by atoms with E-state index in [1.807, 2.05) is 7.05 Å². The molecule has 0 aromatic heterocycles. The number of hydrogen-bond acceptors (Lipinski definition) is 3. The van der Waals surface area contributed by atoms with E-state index in [0.29, 0.717) is 12.1 Å². The van der Waals surface area contributed by atoms with Crippen LogP contribution < -0.4 is 10.1 Å². The van der Waals surface area contributed by atoms with Crippen LogP contribution in [0.25, 0.3) is 0 Å². The molecule has 2 unspecified atom stereocenters. The Morgan fingerprint density at radius 1 is 1.30 bits per heavy atom. The Kier molecular flexibility index (Phi) is 4.58. The van der Waals surface area contributed by atoms with E-state index < -0.39 is 0 Å². The molecule has 1 saturated heterocycles. The van der Waals surface area contributed by atoms with Gasteiger partial charge < -0.3 is 14.8 Å². The van der Waals surface area contributed by atoms with Gasteiger partial charge in [-0.15, -0.1) is 0 Å². The number of hydrogen-bond donors (Lipinski definition) is 1. The van der Waals surface area contributed by atoms with Crippen molar-refractivity contribution in [3.8, 4) is 5.75 Å². The van der Waals surface area contributed by atoms with Crippen molar-refractivity contribution < 1.29 is 9.47 Å². The molecule has 1 N–H and O–H groups in total. The van der Waals surface area contributed by atoms with Crippen molar-refractivity contribution in [1.82, 2.24) is 5.32 Å². The predicted molar refractivity (Wildman–Crippen MR) is 80.3 cm³/mol. The van der Waals surface area contributed by atoms with Crippen LogP contribution in [0.3, 0.4) is 0 Å². The molecule has 2 aliphatic rings. The van der Waals surface area contributed by atoms with Gasteiger partial charge in [-0.05, 0) is 56.3 Å². The van der Waals surface area contributed by atoms with Gasteiger partial charge in [0.25, 0.3) is 0 Å². The van der Waals surface area contributed by atoms with Crippen LogP contribution in [0.1, 0.15) is 49.3 Å². The van der Waals surface area contributed by atoms with Gasteiger partial charge in [0.2, 0.25) is 0 Å². The van der Waals surface area contributed by atoms with Gasteiger partial charge in [0, 0.05) is 19.1 Å². The van der Waals surface area contributed by atoms with Crippen LogP contribution in [0.5, 0.6) is 5.75 Å². The topological polar surface area (TPSA) is 30.5 Å². The quantitative estimate of drug-likeness (QED) is 0.895. The molecule has 3 nitrogen and oxygen atoms in total. The lowest BCUT2D eigenvalue weighted by Crippen LogP contribution is -2.22. The molecule has 1 aliphatic heterocycles. The van der Waals surface area contributed by atoms with Crippen molar-refractivity contribution in [3.05, 3.63) is 29.3 Å². The molecule has 3 rings (SSSR count). The SMILES string of the molecule is CNC1CCCc2c(OCCC3CCCO3)cccc21. The van der Waals surface area contributed by atoms with Gasteiger partial charge in [-0.2, -0.15) is 0 Å². The minimum Gasteiger partial charge on any atom is -0.493 e.